The Morgan fingerprint density at radius 2 is 1.72 bits per heavy atom. The summed E-state index contributed by atoms with van der Waals surface area (Å²) in [6.07, 6.45) is 0. The first kappa shape index (κ1) is 21.8. The maximum atomic E-state index is 13.0. The number of aromatic nitrogens is 1. The number of thiazole rings is 1. The number of anilines is 1. The number of carbonyl (C=O) groups excluding carboxylic acids is 1. The zero-order chi connectivity index (χ0) is 22.7. The van der Waals surface area contributed by atoms with E-state index in [1.54, 1.807) is 24.3 Å². The van der Waals surface area contributed by atoms with Gasteiger partial charge in [-0.15, -0.1) is 11.3 Å². The van der Waals surface area contributed by atoms with Crippen molar-refractivity contribution in [2.75, 3.05) is 18.5 Å². The zero-order valence-corrected chi connectivity index (χ0v) is 19.1. The van der Waals surface area contributed by atoms with E-state index in [2.05, 4.69) is 10.3 Å². The minimum atomic E-state index is -3.82. The number of hydrogen-bond acceptors (Lipinski definition) is 6. The third kappa shape index (κ3) is 4.30. The number of carbonyl (C=O) groups is 1. The molecule has 164 valence electrons. The Labute approximate surface area is 190 Å². The number of benzene rings is 3. The molecule has 1 N–H and O–H groups in total. The van der Waals surface area contributed by atoms with Crippen molar-refractivity contribution in [1.29, 1.82) is 0 Å². The van der Waals surface area contributed by atoms with Gasteiger partial charge >= 0.3 is 0 Å². The highest BCUT2D eigenvalue weighted by Crippen LogP contribution is 2.31. The lowest BCUT2D eigenvalue weighted by molar-refractivity contribution is 0.0951. The summed E-state index contributed by atoms with van der Waals surface area (Å²) in [5.41, 5.74) is 1.69. The average Bonchev–Trinajstić information content (AvgIpc) is 3.25. The molecule has 4 aromatic rings. The Bertz CT molecular complexity index is 1330. The predicted octanol–water partition coefficient (Wildman–Crippen LogP) is 4.06. The van der Waals surface area contributed by atoms with Crippen LogP contribution in [-0.4, -0.2) is 33.5 Å². The van der Waals surface area contributed by atoms with E-state index in [0.717, 1.165) is 19.5 Å². The number of ether oxygens (including phenoxy) is 1. The molecule has 0 atom stereocenters. The number of sulfonamides is 1. The third-order valence-corrected chi connectivity index (χ3v) is 7.76. The van der Waals surface area contributed by atoms with Crippen LogP contribution in [0, 0.1) is 0 Å². The fourth-order valence-electron chi connectivity index (χ4n) is 3.21. The summed E-state index contributed by atoms with van der Waals surface area (Å²) in [5, 5.41) is 3.63. The van der Waals surface area contributed by atoms with E-state index in [0.29, 0.717) is 23.5 Å². The van der Waals surface area contributed by atoms with E-state index >= 15 is 0 Å². The van der Waals surface area contributed by atoms with Crippen molar-refractivity contribution in [2.45, 2.75) is 11.4 Å². The summed E-state index contributed by atoms with van der Waals surface area (Å²) in [6.45, 7) is 0.300. The van der Waals surface area contributed by atoms with Crippen LogP contribution in [0.4, 0.5) is 5.69 Å². The van der Waals surface area contributed by atoms with Gasteiger partial charge in [-0.2, -0.15) is 0 Å². The molecule has 0 aliphatic heterocycles. The van der Waals surface area contributed by atoms with Crippen LogP contribution in [0.25, 0.3) is 10.2 Å². The molecule has 0 aliphatic carbocycles. The van der Waals surface area contributed by atoms with Crippen LogP contribution in [0.1, 0.15) is 15.4 Å². The van der Waals surface area contributed by atoms with Gasteiger partial charge in [0.2, 0.25) is 0 Å². The van der Waals surface area contributed by atoms with Gasteiger partial charge in [0.1, 0.15) is 10.8 Å². The highest BCUT2D eigenvalue weighted by Gasteiger charge is 2.24. The minimum absolute atomic E-state index is 0.0774. The van der Waals surface area contributed by atoms with Gasteiger partial charge in [0.05, 0.1) is 34.5 Å². The molecule has 0 fully saturated rings. The molecule has 0 spiro atoms. The minimum Gasteiger partial charge on any atom is -0.495 e. The van der Waals surface area contributed by atoms with Crippen LogP contribution in [0.15, 0.2) is 77.7 Å². The van der Waals surface area contributed by atoms with Crippen molar-refractivity contribution in [2.24, 2.45) is 0 Å². The lowest BCUT2D eigenvalue weighted by Gasteiger charge is -2.21. The number of hydrogen-bond donors (Lipinski definition) is 1. The number of nitrogens with zero attached hydrogens (tertiary/aromatic N) is 2. The third-order valence-electron chi connectivity index (χ3n) is 4.94. The van der Waals surface area contributed by atoms with Gasteiger partial charge < -0.3 is 10.1 Å². The van der Waals surface area contributed by atoms with Crippen molar-refractivity contribution in [3.63, 3.8) is 0 Å². The van der Waals surface area contributed by atoms with Crippen LogP contribution in [-0.2, 0) is 16.6 Å². The normalized spacial score (nSPS) is 11.3. The summed E-state index contributed by atoms with van der Waals surface area (Å²) in [6, 6.07) is 20.5. The fraction of sp³-hybridized carbons (Fsp3) is 0.130. The molecule has 7 nitrogen and oxygen atoms in total. The summed E-state index contributed by atoms with van der Waals surface area (Å²) >= 11 is 1.52. The lowest BCUT2D eigenvalue weighted by atomic mass is 10.2. The van der Waals surface area contributed by atoms with Crippen molar-refractivity contribution >= 4 is 43.2 Å². The largest absolute Gasteiger partial charge is 0.495 e. The molecule has 0 bridgehead atoms. The quantitative estimate of drug-likeness (QED) is 0.443. The van der Waals surface area contributed by atoms with Crippen molar-refractivity contribution in [1.82, 2.24) is 10.3 Å². The van der Waals surface area contributed by atoms with E-state index in [9.17, 15) is 13.2 Å². The summed E-state index contributed by atoms with van der Waals surface area (Å²) in [7, 11) is -0.873. The Balaban J connectivity index is 1.47. The molecule has 4 rings (SSSR count). The number of para-hydroxylation sites is 3. The summed E-state index contributed by atoms with van der Waals surface area (Å²) < 4.78 is 33.6. The standard InChI is InChI=1S/C23H21N3O4S2/c1-26(19-8-4-5-9-20(19)30-2)32(28,29)17-13-11-16(12-14-17)23(27)24-15-22-25-18-7-3-6-10-21(18)31-22/h3-14H,15H2,1-2H3,(H,24,27). The molecule has 0 aliphatic rings. The second kappa shape index (κ2) is 8.97. The Morgan fingerprint density at radius 3 is 2.44 bits per heavy atom. The van der Waals surface area contributed by atoms with Gasteiger partial charge in [0.25, 0.3) is 15.9 Å². The molecule has 1 aromatic heterocycles. The van der Waals surface area contributed by atoms with E-state index in [-0.39, 0.29) is 10.8 Å². The van der Waals surface area contributed by atoms with Gasteiger partial charge in [-0.1, -0.05) is 24.3 Å². The monoisotopic (exact) mass is 467 g/mol. The first-order chi connectivity index (χ1) is 15.4. The van der Waals surface area contributed by atoms with Crippen molar-refractivity contribution < 1.29 is 17.9 Å². The molecular weight excluding hydrogens is 446 g/mol. The molecule has 1 amide bonds. The van der Waals surface area contributed by atoms with Gasteiger partial charge in [-0.25, -0.2) is 13.4 Å². The lowest BCUT2D eigenvalue weighted by Crippen LogP contribution is -2.27. The van der Waals surface area contributed by atoms with Crippen LogP contribution >= 0.6 is 11.3 Å². The molecule has 32 heavy (non-hydrogen) atoms. The van der Waals surface area contributed by atoms with Gasteiger partial charge in [0, 0.05) is 12.6 Å². The predicted molar refractivity (Wildman–Crippen MR) is 126 cm³/mol. The van der Waals surface area contributed by atoms with Crippen LogP contribution in [0.3, 0.4) is 0 Å². The average molecular weight is 468 g/mol. The molecule has 9 heteroatoms. The number of fused-ring (bicyclic) bond motifs is 1. The fourth-order valence-corrected chi connectivity index (χ4v) is 5.32. The molecule has 0 saturated heterocycles. The maximum absolute atomic E-state index is 13.0. The molecular formula is C23H21N3O4S2. The van der Waals surface area contributed by atoms with Crippen molar-refractivity contribution in [3.8, 4) is 5.75 Å². The highest BCUT2D eigenvalue weighted by molar-refractivity contribution is 7.92. The van der Waals surface area contributed by atoms with Gasteiger partial charge in [-0.05, 0) is 48.5 Å². The molecule has 1 heterocycles. The number of rotatable bonds is 7. The van der Waals surface area contributed by atoms with Gasteiger partial charge in [0.15, 0.2) is 0 Å². The second-order valence-corrected chi connectivity index (χ2v) is 10.0. The Kier molecular flexibility index (Phi) is 6.11. The van der Waals surface area contributed by atoms with Crippen molar-refractivity contribution in [3.05, 3.63) is 83.4 Å². The highest BCUT2D eigenvalue weighted by atomic mass is 32.2. The summed E-state index contributed by atoms with van der Waals surface area (Å²) in [5.74, 6) is 0.149. The zero-order valence-electron chi connectivity index (χ0n) is 17.5. The molecule has 3 aromatic carbocycles. The van der Waals surface area contributed by atoms with Crippen LogP contribution < -0.4 is 14.4 Å². The van der Waals surface area contributed by atoms with E-state index in [1.165, 1.54) is 49.8 Å². The topological polar surface area (TPSA) is 88.6 Å². The summed E-state index contributed by atoms with van der Waals surface area (Å²) in [4.78, 5) is 17.1. The molecule has 0 unspecified atom stereocenters. The van der Waals surface area contributed by atoms with E-state index in [4.69, 9.17) is 4.74 Å². The first-order valence-electron chi connectivity index (χ1n) is 9.75. The van der Waals surface area contributed by atoms with E-state index in [1.807, 2.05) is 24.3 Å². The number of amides is 1. The smallest absolute Gasteiger partial charge is 0.264 e. The number of methoxy groups -OCH3 is 1. The number of nitrogens with one attached hydrogen (secondary N) is 1. The maximum Gasteiger partial charge on any atom is 0.264 e. The Morgan fingerprint density at radius 1 is 1.03 bits per heavy atom. The SMILES string of the molecule is COc1ccccc1N(C)S(=O)(=O)c1ccc(C(=O)NCc2nc3ccccc3s2)cc1. The van der Waals surface area contributed by atoms with Crippen LogP contribution in [0.2, 0.25) is 0 Å². The molecule has 0 radical (unpaired) electrons. The Hall–Kier alpha value is -3.43. The first-order valence-corrected chi connectivity index (χ1v) is 12.0. The second-order valence-electron chi connectivity index (χ2n) is 6.93. The van der Waals surface area contributed by atoms with Crippen LogP contribution in [0.5, 0.6) is 5.75 Å². The van der Waals surface area contributed by atoms with Gasteiger partial charge in [-0.3, -0.25) is 9.10 Å². The van der Waals surface area contributed by atoms with E-state index < -0.39 is 10.0 Å². The molecule has 0 saturated carbocycles.